The summed E-state index contributed by atoms with van der Waals surface area (Å²) in [6, 6.07) is 0. The van der Waals surface area contributed by atoms with Crippen molar-refractivity contribution in [2.75, 3.05) is 0 Å². The van der Waals surface area contributed by atoms with Crippen LogP contribution in [0.2, 0.25) is 0 Å². The van der Waals surface area contributed by atoms with E-state index in [4.69, 9.17) is 0 Å². The van der Waals surface area contributed by atoms with Crippen LogP contribution in [0.15, 0.2) is 0 Å². The maximum Gasteiger partial charge on any atom is 0.0900 e. The molecule has 1 nitrogen and oxygen atoms in total. The van der Waals surface area contributed by atoms with Gasteiger partial charge in [0.25, 0.3) is 0 Å². The molecule has 1 aromatic rings. The van der Waals surface area contributed by atoms with Crippen molar-refractivity contribution in [2.24, 2.45) is 11.8 Å². The highest BCUT2D eigenvalue weighted by atomic mass is 32.1. The molecule has 2 saturated carbocycles. The molecule has 0 spiro atoms. The Labute approximate surface area is 83.2 Å². The van der Waals surface area contributed by atoms with Gasteiger partial charge in [0.15, 0.2) is 0 Å². The summed E-state index contributed by atoms with van der Waals surface area (Å²) < 4.78 is 0. The van der Waals surface area contributed by atoms with Crippen molar-refractivity contribution < 1.29 is 0 Å². The molecule has 2 atom stereocenters. The van der Waals surface area contributed by atoms with Gasteiger partial charge in [0.2, 0.25) is 0 Å². The third-order valence-corrected chi connectivity index (χ3v) is 4.55. The summed E-state index contributed by atoms with van der Waals surface area (Å²) in [5.74, 6) is 3.03. The Morgan fingerprint density at radius 2 is 2.08 bits per heavy atom. The van der Waals surface area contributed by atoms with E-state index in [-0.39, 0.29) is 0 Å². The summed E-state index contributed by atoms with van der Waals surface area (Å²) in [4.78, 5) is 6.10. The van der Waals surface area contributed by atoms with Crippen LogP contribution in [0.3, 0.4) is 0 Å². The van der Waals surface area contributed by atoms with Gasteiger partial charge in [-0.3, -0.25) is 0 Å². The van der Waals surface area contributed by atoms with Crippen LogP contribution in [-0.2, 0) is 0 Å². The third kappa shape index (κ3) is 1.32. The number of aromatic nitrogens is 1. The number of hydrogen-bond acceptors (Lipinski definition) is 2. The summed E-state index contributed by atoms with van der Waals surface area (Å²) in [6.45, 7) is 4.29. The van der Waals surface area contributed by atoms with Crippen molar-refractivity contribution in [3.05, 3.63) is 15.6 Å². The predicted molar refractivity (Wildman–Crippen MR) is 55.2 cm³/mol. The van der Waals surface area contributed by atoms with E-state index in [2.05, 4.69) is 18.8 Å². The van der Waals surface area contributed by atoms with E-state index in [0.717, 1.165) is 17.8 Å². The van der Waals surface area contributed by atoms with Gasteiger partial charge in [0.1, 0.15) is 0 Å². The van der Waals surface area contributed by atoms with Crippen molar-refractivity contribution in [1.29, 1.82) is 0 Å². The number of hydrogen-bond donors (Lipinski definition) is 0. The molecule has 1 aromatic heterocycles. The Balaban J connectivity index is 1.81. The lowest BCUT2D eigenvalue weighted by Crippen LogP contribution is -1.84. The lowest BCUT2D eigenvalue weighted by molar-refractivity contribution is 0.692. The van der Waals surface area contributed by atoms with Gasteiger partial charge >= 0.3 is 0 Å². The van der Waals surface area contributed by atoms with Crippen LogP contribution >= 0.6 is 11.3 Å². The van der Waals surface area contributed by atoms with Gasteiger partial charge in [0, 0.05) is 4.88 Å². The first-order chi connectivity index (χ1) is 6.25. The minimum atomic E-state index is 0.902. The second-order valence-electron chi connectivity index (χ2n) is 4.53. The average Bonchev–Trinajstić information content (AvgIpc) is 2.94. The fourth-order valence-electron chi connectivity index (χ4n) is 2.45. The molecule has 0 saturated heterocycles. The monoisotopic (exact) mass is 193 g/mol. The van der Waals surface area contributed by atoms with Gasteiger partial charge in [-0.05, 0) is 50.9 Å². The molecule has 0 aromatic carbocycles. The molecule has 3 rings (SSSR count). The molecule has 1 heterocycles. The lowest BCUT2D eigenvalue weighted by Gasteiger charge is -1.94. The van der Waals surface area contributed by atoms with Crippen LogP contribution < -0.4 is 0 Å². The van der Waals surface area contributed by atoms with Crippen molar-refractivity contribution in [1.82, 2.24) is 4.98 Å². The van der Waals surface area contributed by atoms with Gasteiger partial charge in [-0.2, -0.15) is 0 Å². The van der Waals surface area contributed by atoms with Crippen molar-refractivity contribution in [2.45, 2.75) is 39.0 Å². The second-order valence-corrected chi connectivity index (χ2v) is 5.76. The van der Waals surface area contributed by atoms with E-state index >= 15 is 0 Å². The Hall–Kier alpha value is -0.370. The van der Waals surface area contributed by atoms with Crippen LogP contribution in [0, 0.1) is 25.7 Å². The molecular formula is C11H15NS. The molecule has 2 fully saturated rings. The Kier molecular flexibility index (Phi) is 1.58. The van der Waals surface area contributed by atoms with E-state index < -0.39 is 0 Å². The predicted octanol–water partition coefficient (Wildman–Crippen LogP) is 3.27. The quantitative estimate of drug-likeness (QED) is 0.702. The van der Waals surface area contributed by atoms with E-state index in [1.54, 1.807) is 4.88 Å². The van der Waals surface area contributed by atoms with E-state index in [1.807, 2.05) is 11.3 Å². The molecule has 2 heteroatoms. The zero-order valence-corrected chi connectivity index (χ0v) is 9.03. The van der Waals surface area contributed by atoms with E-state index in [1.165, 1.54) is 30.0 Å². The minimum absolute atomic E-state index is 0.902. The first-order valence-electron chi connectivity index (χ1n) is 5.19. The smallest absolute Gasteiger partial charge is 0.0900 e. The SMILES string of the molecule is Cc1nc(C)c(C2CC2C2CC2)s1. The Bertz CT molecular complexity index is 338. The summed E-state index contributed by atoms with van der Waals surface area (Å²) >= 11 is 1.92. The van der Waals surface area contributed by atoms with E-state index in [9.17, 15) is 0 Å². The Morgan fingerprint density at radius 1 is 1.31 bits per heavy atom. The van der Waals surface area contributed by atoms with Crippen molar-refractivity contribution in [3.8, 4) is 0 Å². The molecule has 0 aliphatic heterocycles. The van der Waals surface area contributed by atoms with Gasteiger partial charge in [-0.25, -0.2) is 4.98 Å². The van der Waals surface area contributed by atoms with E-state index in [0.29, 0.717) is 0 Å². The number of thiazole rings is 1. The number of nitrogens with zero attached hydrogens (tertiary/aromatic N) is 1. The molecule has 2 unspecified atom stereocenters. The van der Waals surface area contributed by atoms with Gasteiger partial charge < -0.3 is 0 Å². The Morgan fingerprint density at radius 3 is 2.62 bits per heavy atom. The third-order valence-electron chi connectivity index (χ3n) is 3.34. The minimum Gasteiger partial charge on any atom is -0.247 e. The summed E-state index contributed by atoms with van der Waals surface area (Å²) in [7, 11) is 0. The van der Waals surface area contributed by atoms with Crippen LogP contribution in [0.4, 0.5) is 0 Å². The summed E-state index contributed by atoms with van der Waals surface area (Å²) in [5, 5.41) is 1.24. The number of aryl methyl sites for hydroxylation is 2. The van der Waals surface area contributed by atoms with Gasteiger partial charge in [0.05, 0.1) is 10.7 Å². The van der Waals surface area contributed by atoms with Crippen molar-refractivity contribution in [3.63, 3.8) is 0 Å². The first-order valence-corrected chi connectivity index (χ1v) is 6.01. The topological polar surface area (TPSA) is 12.9 Å². The average molecular weight is 193 g/mol. The normalized spacial score (nSPS) is 32.2. The van der Waals surface area contributed by atoms with Crippen LogP contribution in [-0.4, -0.2) is 4.98 Å². The second kappa shape index (κ2) is 2.57. The summed E-state index contributed by atoms with van der Waals surface area (Å²) in [5.41, 5.74) is 1.30. The molecule has 0 radical (unpaired) electrons. The largest absolute Gasteiger partial charge is 0.247 e. The number of rotatable bonds is 2. The van der Waals surface area contributed by atoms with Gasteiger partial charge in [-0.1, -0.05) is 0 Å². The molecule has 13 heavy (non-hydrogen) atoms. The van der Waals surface area contributed by atoms with Gasteiger partial charge in [-0.15, -0.1) is 11.3 Å². The summed E-state index contributed by atoms with van der Waals surface area (Å²) in [6.07, 6.45) is 4.45. The fourth-order valence-corrected chi connectivity index (χ4v) is 3.57. The molecule has 70 valence electrons. The maximum absolute atomic E-state index is 4.51. The molecule has 0 amide bonds. The lowest BCUT2D eigenvalue weighted by atomic mass is 10.2. The van der Waals surface area contributed by atoms with Crippen LogP contribution in [0.25, 0.3) is 0 Å². The molecule has 2 aliphatic rings. The van der Waals surface area contributed by atoms with Crippen LogP contribution in [0.5, 0.6) is 0 Å². The molecule has 0 N–H and O–H groups in total. The first kappa shape index (κ1) is 7.98. The highest BCUT2D eigenvalue weighted by Gasteiger charge is 2.49. The molecule has 0 bridgehead atoms. The van der Waals surface area contributed by atoms with Crippen LogP contribution in [0.1, 0.15) is 40.8 Å². The standard InChI is InChI=1S/C11H15NS/c1-6-11(13-7(2)12-6)10-5-9(10)8-3-4-8/h8-10H,3-5H2,1-2H3. The molecule has 2 aliphatic carbocycles. The molecular weight excluding hydrogens is 178 g/mol. The van der Waals surface area contributed by atoms with Crippen molar-refractivity contribution >= 4 is 11.3 Å². The highest BCUT2D eigenvalue weighted by molar-refractivity contribution is 7.11. The zero-order chi connectivity index (χ0) is 9.00. The highest BCUT2D eigenvalue weighted by Crippen LogP contribution is 2.60. The fraction of sp³-hybridized carbons (Fsp3) is 0.727. The maximum atomic E-state index is 4.51. The zero-order valence-electron chi connectivity index (χ0n) is 8.21.